The van der Waals surface area contributed by atoms with Crippen molar-refractivity contribution >= 4 is 0 Å². The molecule has 1 nitrogen and oxygen atoms in total. The fourth-order valence-corrected chi connectivity index (χ4v) is 2.80. The highest BCUT2D eigenvalue weighted by molar-refractivity contribution is 4.95. The molecule has 1 N–H and O–H groups in total. The topological polar surface area (TPSA) is 12.0 Å². The second-order valence-electron chi connectivity index (χ2n) is 4.29. The van der Waals surface area contributed by atoms with Crippen LogP contribution in [0, 0.1) is 11.3 Å². The van der Waals surface area contributed by atoms with Gasteiger partial charge < -0.3 is 5.32 Å². The van der Waals surface area contributed by atoms with E-state index in [1.54, 1.807) is 0 Å². The molecule has 1 aliphatic carbocycles. The van der Waals surface area contributed by atoms with E-state index in [1.807, 2.05) is 13.8 Å². The first kappa shape index (κ1) is 10.0. The van der Waals surface area contributed by atoms with Crippen molar-refractivity contribution in [1.29, 1.82) is 0 Å². The van der Waals surface area contributed by atoms with Crippen molar-refractivity contribution in [2.24, 2.45) is 11.3 Å². The summed E-state index contributed by atoms with van der Waals surface area (Å²) in [5, 5.41) is 3.50. The zero-order valence-corrected chi connectivity index (χ0v) is 8.82. The van der Waals surface area contributed by atoms with E-state index in [0.717, 1.165) is 11.3 Å². The number of piperidine rings is 1. The minimum absolute atomic E-state index is 0.762. The molecule has 0 atom stereocenters. The van der Waals surface area contributed by atoms with E-state index < -0.39 is 0 Å². The van der Waals surface area contributed by atoms with Crippen molar-refractivity contribution in [3.8, 4) is 0 Å². The summed E-state index contributed by atoms with van der Waals surface area (Å²) in [6, 6.07) is 0. The fourth-order valence-electron chi connectivity index (χ4n) is 2.80. The van der Waals surface area contributed by atoms with E-state index in [-0.39, 0.29) is 0 Å². The lowest BCUT2D eigenvalue weighted by atomic mass is 9.59. The third-order valence-corrected chi connectivity index (χ3v) is 3.12. The number of rotatable bonds is 0. The van der Waals surface area contributed by atoms with E-state index in [4.69, 9.17) is 0 Å². The predicted octanol–water partition coefficient (Wildman–Crippen LogP) is 2.81. The molecular weight excluding hydrogens is 146 g/mol. The lowest BCUT2D eigenvalue weighted by Crippen LogP contribution is -2.47. The quantitative estimate of drug-likeness (QED) is 0.588. The summed E-state index contributed by atoms with van der Waals surface area (Å²) in [5.41, 5.74) is 0.762. The Morgan fingerprint density at radius 3 is 2.33 bits per heavy atom. The van der Waals surface area contributed by atoms with Crippen molar-refractivity contribution in [2.75, 3.05) is 13.1 Å². The molecule has 12 heavy (non-hydrogen) atoms. The number of hydrogen-bond donors (Lipinski definition) is 1. The minimum Gasteiger partial charge on any atom is -0.316 e. The van der Waals surface area contributed by atoms with Gasteiger partial charge in [0.05, 0.1) is 0 Å². The molecule has 0 aromatic rings. The first-order valence-corrected chi connectivity index (χ1v) is 5.52. The molecule has 0 aromatic heterocycles. The summed E-state index contributed by atoms with van der Waals surface area (Å²) in [5.74, 6) is 1.01. The SMILES string of the molecule is CC.CC1CC2(CCCNC2)C1. The molecule has 72 valence electrons. The zero-order valence-electron chi connectivity index (χ0n) is 8.82. The Bertz CT molecular complexity index is 109. The van der Waals surface area contributed by atoms with Gasteiger partial charge >= 0.3 is 0 Å². The van der Waals surface area contributed by atoms with Gasteiger partial charge in [-0.25, -0.2) is 0 Å². The highest BCUT2D eigenvalue weighted by Gasteiger charge is 2.42. The summed E-state index contributed by atoms with van der Waals surface area (Å²) in [7, 11) is 0. The maximum atomic E-state index is 3.50. The fraction of sp³-hybridized carbons (Fsp3) is 1.00. The molecule has 0 unspecified atom stereocenters. The Morgan fingerprint density at radius 1 is 1.25 bits per heavy atom. The maximum Gasteiger partial charge on any atom is 0.000801 e. The van der Waals surface area contributed by atoms with Gasteiger partial charge in [-0.15, -0.1) is 0 Å². The third kappa shape index (κ3) is 2.01. The average molecular weight is 169 g/mol. The van der Waals surface area contributed by atoms with Crippen LogP contribution in [0.1, 0.15) is 46.5 Å². The largest absolute Gasteiger partial charge is 0.316 e. The first-order valence-electron chi connectivity index (χ1n) is 5.52. The summed E-state index contributed by atoms with van der Waals surface area (Å²) >= 11 is 0. The van der Waals surface area contributed by atoms with Crippen LogP contribution >= 0.6 is 0 Å². The minimum atomic E-state index is 0.762. The van der Waals surface area contributed by atoms with Crippen LogP contribution < -0.4 is 5.32 Å². The van der Waals surface area contributed by atoms with Crippen LogP contribution in [0.25, 0.3) is 0 Å². The molecule has 1 aliphatic heterocycles. The Kier molecular flexibility index (Phi) is 3.57. The van der Waals surface area contributed by atoms with Gasteiger partial charge in [-0.1, -0.05) is 20.8 Å². The first-order chi connectivity index (χ1) is 5.81. The lowest BCUT2D eigenvalue weighted by Gasteiger charge is -2.49. The van der Waals surface area contributed by atoms with Crippen LogP contribution in [-0.4, -0.2) is 13.1 Å². The zero-order chi connectivity index (χ0) is 9.03. The average Bonchev–Trinajstić information content (AvgIpc) is 2.08. The number of nitrogens with one attached hydrogen (secondary N) is 1. The summed E-state index contributed by atoms with van der Waals surface area (Å²) in [6.45, 7) is 8.94. The monoisotopic (exact) mass is 169 g/mol. The van der Waals surface area contributed by atoms with Crippen LogP contribution in [0.3, 0.4) is 0 Å². The second kappa shape index (κ2) is 4.27. The summed E-state index contributed by atoms with van der Waals surface area (Å²) in [6.07, 6.45) is 5.87. The third-order valence-electron chi connectivity index (χ3n) is 3.12. The summed E-state index contributed by atoms with van der Waals surface area (Å²) in [4.78, 5) is 0. The molecule has 2 aliphatic rings. The van der Waals surface area contributed by atoms with Gasteiger partial charge in [0.2, 0.25) is 0 Å². The van der Waals surface area contributed by atoms with Crippen LogP contribution in [0.5, 0.6) is 0 Å². The van der Waals surface area contributed by atoms with Gasteiger partial charge in [0.1, 0.15) is 0 Å². The van der Waals surface area contributed by atoms with Crippen molar-refractivity contribution in [1.82, 2.24) is 5.32 Å². The van der Waals surface area contributed by atoms with E-state index >= 15 is 0 Å². The van der Waals surface area contributed by atoms with E-state index in [0.29, 0.717) is 0 Å². The maximum absolute atomic E-state index is 3.50. The van der Waals surface area contributed by atoms with Crippen LogP contribution in [0.4, 0.5) is 0 Å². The van der Waals surface area contributed by atoms with Gasteiger partial charge in [0, 0.05) is 6.54 Å². The highest BCUT2D eigenvalue weighted by atomic mass is 14.9. The predicted molar refractivity (Wildman–Crippen MR) is 54.3 cm³/mol. The molecular formula is C11H23N. The normalized spacial score (nSPS) is 39.8. The van der Waals surface area contributed by atoms with Crippen molar-refractivity contribution in [2.45, 2.75) is 46.5 Å². The smallest absolute Gasteiger partial charge is 0.000801 e. The van der Waals surface area contributed by atoms with Gasteiger partial charge in [-0.2, -0.15) is 0 Å². The molecule has 1 heteroatoms. The van der Waals surface area contributed by atoms with Gasteiger partial charge in [0.25, 0.3) is 0 Å². The summed E-state index contributed by atoms with van der Waals surface area (Å²) < 4.78 is 0. The van der Waals surface area contributed by atoms with Crippen LogP contribution in [0.2, 0.25) is 0 Å². The molecule has 2 fully saturated rings. The van der Waals surface area contributed by atoms with Crippen LogP contribution in [-0.2, 0) is 0 Å². The Morgan fingerprint density at radius 2 is 1.92 bits per heavy atom. The van der Waals surface area contributed by atoms with E-state index in [9.17, 15) is 0 Å². The van der Waals surface area contributed by atoms with Gasteiger partial charge in [-0.3, -0.25) is 0 Å². The van der Waals surface area contributed by atoms with Crippen molar-refractivity contribution in [3.63, 3.8) is 0 Å². The van der Waals surface area contributed by atoms with E-state index in [1.165, 1.54) is 38.8 Å². The Hall–Kier alpha value is -0.0400. The molecule has 1 spiro atoms. The second-order valence-corrected chi connectivity index (χ2v) is 4.29. The van der Waals surface area contributed by atoms with Crippen LogP contribution in [0.15, 0.2) is 0 Å². The highest BCUT2D eigenvalue weighted by Crippen LogP contribution is 2.49. The molecule has 0 amide bonds. The van der Waals surface area contributed by atoms with E-state index in [2.05, 4.69) is 12.2 Å². The molecule has 1 saturated heterocycles. The molecule has 0 aromatic carbocycles. The standard InChI is InChI=1S/C9H17N.C2H6/c1-8-5-9(6-8)3-2-4-10-7-9;1-2/h8,10H,2-7H2,1H3;1-2H3. The molecule has 2 rings (SSSR count). The Balaban J connectivity index is 0.000000336. The molecule has 1 saturated carbocycles. The molecule has 1 heterocycles. The number of hydrogen-bond acceptors (Lipinski definition) is 1. The molecule has 0 radical (unpaired) electrons. The van der Waals surface area contributed by atoms with Crippen molar-refractivity contribution < 1.29 is 0 Å². The Labute approximate surface area is 76.9 Å². The van der Waals surface area contributed by atoms with Gasteiger partial charge in [-0.05, 0) is 43.6 Å². The van der Waals surface area contributed by atoms with Gasteiger partial charge in [0.15, 0.2) is 0 Å². The lowest BCUT2D eigenvalue weighted by molar-refractivity contribution is 0.0381. The molecule has 0 bridgehead atoms. The van der Waals surface area contributed by atoms with Crippen molar-refractivity contribution in [3.05, 3.63) is 0 Å².